The van der Waals surface area contributed by atoms with Gasteiger partial charge in [0.05, 0.1) is 11.1 Å². The Hall–Kier alpha value is -3.13. The van der Waals surface area contributed by atoms with Crippen LogP contribution >= 0.6 is 0 Å². The van der Waals surface area contributed by atoms with Gasteiger partial charge in [-0.2, -0.15) is 26.3 Å². The maximum Gasteiger partial charge on any atom is 0.416 e. The van der Waals surface area contributed by atoms with Crippen molar-refractivity contribution in [3.63, 3.8) is 0 Å². The van der Waals surface area contributed by atoms with Crippen molar-refractivity contribution in [3.05, 3.63) is 94.5 Å². The third kappa shape index (κ3) is 8.00. The predicted molar refractivity (Wildman–Crippen MR) is 148 cm³/mol. The fourth-order valence-corrected chi connectivity index (χ4v) is 5.67. The van der Waals surface area contributed by atoms with Crippen LogP contribution in [0.15, 0.2) is 66.7 Å². The molecule has 0 aliphatic carbocycles. The molecule has 1 heterocycles. The largest absolute Gasteiger partial charge is 0.416 e. The second kappa shape index (κ2) is 12.4. The van der Waals surface area contributed by atoms with Crippen molar-refractivity contribution in [1.82, 2.24) is 4.90 Å². The SMILES string of the molecule is CC(=O)C(CC(C)C)c1cc(-c2ccc(C(F)(F)F)cc2)cc(C2CCCN(Cc3ccc(C(F)(F)F)cc3)C2)c1. The van der Waals surface area contributed by atoms with E-state index in [-0.39, 0.29) is 23.5 Å². The van der Waals surface area contributed by atoms with Crippen LogP contribution in [0.5, 0.6) is 0 Å². The van der Waals surface area contributed by atoms with Crippen LogP contribution in [-0.2, 0) is 23.7 Å². The van der Waals surface area contributed by atoms with Crippen molar-refractivity contribution in [3.8, 4) is 11.1 Å². The monoisotopic (exact) mass is 575 g/mol. The van der Waals surface area contributed by atoms with Crippen LogP contribution in [0.25, 0.3) is 11.1 Å². The lowest BCUT2D eigenvalue weighted by molar-refractivity contribution is -0.138. The topological polar surface area (TPSA) is 20.3 Å². The highest BCUT2D eigenvalue weighted by atomic mass is 19.4. The molecule has 0 amide bonds. The number of nitrogens with zero attached hydrogens (tertiary/aromatic N) is 1. The first-order chi connectivity index (χ1) is 19.2. The number of alkyl halides is 6. The Morgan fingerprint density at radius 2 is 1.44 bits per heavy atom. The Morgan fingerprint density at radius 3 is 1.98 bits per heavy atom. The number of Topliss-reactive ketones (excluding diaryl/α,β-unsaturated/α-hetero) is 1. The molecule has 1 saturated heterocycles. The first kappa shape index (κ1) is 30.8. The molecule has 0 spiro atoms. The number of likely N-dealkylation sites (tertiary alicyclic amines) is 1. The lowest BCUT2D eigenvalue weighted by Crippen LogP contribution is -2.34. The molecule has 220 valence electrons. The molecule has 2 unspecified atom stereocenters. The molecule has 41 heavy (non-hydrogen) atoms. The summed E-state index contributed by atoms with van der Waals surface area (Å²) < 4.78 is 78.5. The van der Waals surface area contributed by atoms with Gasteiger partial charge in [0.1, 0.15) is 5.78 Å². The zero-order chi connectivity index (χ0) is 29.9. The van der Waals surface area contributed by atoms with Gasteiger partial charge in [-0.05, 0) is 96.6 Å². The molecule has 1 fully saturated rings. The van der Waals surface area contributed by atoms with Gasteiger partial charge in [-0.15, -0.1) is 0 Å². The summed E-state index contributed by atoms with van der Waals surface area (Å²) in [5.41, 5.74) is 2.69. The Morgan fingerprint density at radius 1 is 0.854 bits per heavy atom. The lowest BCUT2D eigenvalue weighted by Gasteiger charge is -2.34. The average Bonchev–Trinajstić information content (AvgIpc) is 2.91. The summed E-state index contributed by atoms with van der Waals surface area (Å²) in [6.07, 6.45) is -6.35. The van der Waals surface area contributed by atoms with Gasteiger partial charge < -0.3 is 0 Å². The van der Waals surface area contributed by atoms with Gasteiger partial charge in [-0.3, -0.25) is 9.69 Å². The zero-order valence-electron chi connectivity index (χ0n) is 23.4. The fourth-order valence-electron chi connectivity index (χ4n) is 5.67. The highest BCUT2D eigenvalue weighted by Gasteiger charge is 2.31. The van der Waals surface area contributed by atoms with Gasteiger partial charge in [0.15, 0.2) is 0 Å². The van der Waals surface area contributed by atoms with E-state index >= 15 is 0 Å². The molecule has 4 rings (SSSR count). The average molecular weight is 576 g/mol. The van der Waals surface area contributed by atoms with Crippen LogP contribution in [0.4, 0.5) is 26.3 Å². The number of hydrogen-bond donors (Lipinski definition) is 0. The van der Waals surface area contributed by atoms with Crippen LogP contribution in [0.3, 0.4) is 0 Å². The van der Waals surface area contributed by atoms with E-state index in [0.717, 1.165) is 65.9 Å². The van der Waals surface area contributed by atoms with Crippen molar-refractivity contribution in [2.75, 3.05) is 13.1 Å². The molecule has 2 atom stereocenters. The molecule has 0 aromatic heterocycles. The summed E-state index contributed by atoms with van der Waals surface area (Å²) in [5.74, 6) is 0.103. The Labute approximate surface area is 237 Å². The molecule has 0 radical (unpaired) electrons. The Balaban J connectivity index is 1.65. The summed E-state index contributed by atoms with van der Waals surface area (Å²) in [5, 5.41) is 0. The van der Waals surface area contributed by atoms with Gasteiger partial charge >= 0.3 is 12.4 Å². The summed E-state index contributed by atoms with van der Waals surface area (Å²) in [4.78, 5) is 14.9. The highest BCUT2D eigenvalue weighted by molar-refractivity contribution is 5.84. The van der Waals surface area contributed by atoms with E-state index in [1.54, 1.807) is 6.92 Å². The molecule has 8 heteroatoms. The first-order valence-corrected chi connectivity index (χ1v) is 13.9. The van der Waals surface area contributed by atoms with E-state index in [1.165, 1.54) is 24.3 Å². The molecule has 2 nitrogen and oxygen atoms in total. The van der Waals surface area contributed by atoms with Crippen molar-refractivity contribution in [2.45, 2.75) is 70.8 Å². The highest BCUT2D eigenvalue weighted by Crippen LogP contribution is 2.37. The van der Waals surface area contributed by atoms with Crippen LogP contribution in [-0.4, -0.2) is 23.8 Å². The maximum atomic E-state index is 13.2. The molecule has 0 saturated carbocycles. The Kier molecular flexibility index (Phi) is 9.32. The van der Waals surface area contributed by atoms with Crippen molar-refractivity contribution < 1.29 is 31.1 Å². The van der Waals surface area contributed by atoms with Crippen LogP contribution in [0.1, 0.15) is 79.7 Å². The van der Waals surface area contributed by atoms with Crippen molar-refractivity contribution in [1.29, 1.82) is 0 Å². The molecule has 1 aliphatic rings. The number of piperidine rings is 1. The number of hydrogen-bond acceptors (Lipinski definition) is 2. The summed E-state index contributed by atoms with van der Waals surface area (Å²) in [6.45, 7) is 7.69. The molecule has 0 bridgehead atoms. The van der Waals surface area contributed by atoms with Crippen LogP contribution in [0.2, 0.25) is 0 Å². The van der Waals surface area contributed by atoms with Gasteiger partial charge in [0, 0.05) is 19.0 Å². The molecule has 3 aromatic carbocycles. The van der Waals surface area contributed by atoms with Crippen LogP contribution in [0, 0.1) is 5.92 Å². The van der Waals surface area contributed by atoms with E-state index in [4.69, 9.17) is 0 Å². The minimum Gasteiger partial charge on any atom is -0.299 e. The van der Waals surface area contributed by atoms with Crippen molar-refractivity contribution >= 4 is 5.78 Å². The predicted octanol–water partition coefficient (Wildman–Crippen LogP) is 9.49. The molecular weight excluding hydrogens is 540 g/mol. The third-order valence-corrected chi connectivity index (χ3v) is 7.79. The van der Waals surface area contributed by atoms with Gasteiger partial charge in [-0.1, -0.05) is 56.3 Å². The minimum atomic E-state index is -4.43. The quantitative estimate of drug-likeness (QED) is 0.249. The van der Waals surface area contributed by atoms with Gasteiger partial charge in [0.25, 0.3) is 0 Å². The minimum absolute atomic E-state index is 0.0433. The fraction of sp³-hybridized carbons (Fsp3) is 0.424. The smallest absolute Gasteiger partial charge is 0.299 e. The first-order valence-electron chi connectivity index (χ1n) is 13.9. The standard InChI is InChI=1S/C33H35F6NO/c1-21(2)15-31(22(3)41)28-17-26(24-8-12-30(13-9-24)33(37,38)39)16-27(18-28)25-5-4-14-40(20-25)19-23-6-10-29(11-7-23)32(34,35)36/h6-13,16-18,21,25,31H,4-5,14-15,19-20H2,1-3H3. The van der Waals surface area contributed by atoms with Crippen LogP contribution < -0.4 is 0 Å². The lowest BCUT2D eigenvalue weighted by atomic mass is 9.82. The number of rotatable bonds is 8. The summed E-state index contributed by atoms with van der Waals surface area (Å²) in [7, 11) is 0. The summed E-state index contributed by atoms with van der Waals surface area (Å²) in [6, 6.07) is 16.3. The van der Waals surface area contributed by atoms with E-state index in [2.05, 4.69) is 24.8 Å². The molecule has 0 N–H and O–H groups in total. The zero-order valence-corrected chi connectivity index (χ0v) is 23.4. The normalized spacial score (nSPS) is 17.6. The van der Waals surface area contributed by atoms with E-state index in [1.807, 2.05) is 12.1 Å². The van der Waals surface area contributed by atoms with Gasteiger partial charge in [-0.25, -0.2) is 0 Å². The number of halogens is 6. The number of carbonyl (C=O) groups is 1. The second-order valence-corrected chi connectivity index (χ2v) is 11.5. The van der Waals surface area contributed by atoms with E-state index < -0.39 is 23.5 Å². The molecule has 3 aromatic rings. The third-order valence-electron chi connectivity index (χ3n) is 7.79. The molecular formula is C33H35F6NO. The summed E-state index contributed by atoms with van der Waals surface area (Å²) >= 11 is 0. The second-order valence-electron chi connectivity index (χ2n) is 11.5. The van der Waals surface area contributed by atoms with Crippen molar-refractivity contribution in [2.24, 2.45) is 5.92 Å². The van der Waals surface area contributed by atoms with E-state index in [9.17, 15) is 31.1 Å². The van der Waals surface area contributed by atoms with E-state index in [0.29, 0.717) is 25.1 Å². The Bertz CT molecular complexity index is 1330. The maximum absolute atomic E-state index is 13.2. The number of carbonyl (C=O) groups excluding carboxylic acids is 1. The number of ketones is 1. The molecule has 1 aliphatic heterocycles. The van der Waals surface area contributed by atoms with Gasteiger partial charge in [0.2, 0.25) is 0 Å². The number of benzene rings is 3.